The normalized spacial score (nSPS) is 11.8. The summed E-state index contributed by atoms with van der Waals surface area (Å²) in [6.45, 7) is 12.3. The van der Waals surface area contributed by atoms with E-state index in [1.807, 2.05) is 44.4 Å². The van der Waals surface area contributed by atoms with Crippen LogP contribution in [0.4, 0.5) is 5.69 Å². The molecule has 7 nitrogen and oxygen atoms in total. The van der Waals surface area contributed by atoms with Gasteiger partial charge in [0.2, 0.25) is 5.91 Å². The summed E-state index contributed by atoms with van der Waals surface area (Å²) < 4.78 is 1.87. The fourth-order valence-electron chi connectivity index (χ4n) is 3.71. The zero-order valence-corrected chi connectivity index (χ0v) is 21.9. The minimum atomic E-state index is -0.412. The van der Waals surface area contributed by atoms with Gasteiger partial charge in [0, 0.05) is 12.2 Å². The highest BCUT2D eigenvalue weighted by atomic mass is 35.5. The molecule has 0 saturated carbocycles. The van der Waals surface area contributed by atoms with Gasteiger partial charge in [-0.15, -0.1) is 16.8 Å². The lowest BCUT2D eigenvalue weighted by Crippen LogP contribution is -2.34. The third kappa shape index (κ3) is 6.96. The number of benzene rings is 2. The van der Waals surface area contributed by atoms with E-state index in [1.54, 1.807) is 30.3 Å². The average Bonchev–Trinajstić information content (AvgIpc) is 3.17. The molecule has 0 radical (unpaired) electrons. The third-order valence-electron chi connectivity index (χ3n) is 5.24. The number of allylic oxidation sites excluding steroid dienone is 1. The SMILES string of the molecule is C=CCn1c(SCC(=O)Nc2cc(C)cc(C)c2)nnc1[C@@H](NC(=O)c1ccccc1Cl)C(C)C. The van der Waals surface area contributed by atoms with Gasteiger partial charge in [0.1, 0.15) is 0 Å². The van der Waals surface area contributed by atoms with Gasteiger partial charge in [-0.05, 0) is 55.2 Å². The number of amides is 2. The zero-order chi connectivity index (χ0) is 25.5. The molecule has 3 aromatic rings. The lowest BCUT2D eigenvalue weighted by molar-refractivity contribution is -0.113. The van der Waals surface area contributed by atoms with Crippen molar-refractivity contribution in [3.63, 3.8) is 0 Å². The fourth-order valence-corrected chi connectivity index (χ4v) is 4.68. The predicted molar refractivity (Wildman–Crippen MR) is 142 cm³/mol. The van der Waals surface area contributed by atoms with Crippen LogP contribution in [0.1, 0.15) is 47.2 Å². The first-order valence-corrected chi connectivity index (χ1v) is 12.7. The van der Waals surface area contributed by atoms with Gasteiger partial charge in [-0.3, -0.25) is 9.59 Å². The number of nitrogens with one attached hydrogen (secondary N) is 2. The molecule has 0 aliphatic carbocycles. The summed E-state index contributed by atoms with van der Waals surface area (Å²) in [5, 5.41) is 15.6. The van der Waals surface area contributed by atoms with Crippen molar-refractivity contribution in [1.29, 1.82) is 0 Å². The van der Waals surface area contributed by atoms with Crippen LogP contribution >= 0.6 is 23.4 Å². The molecule has 0 saturated heterocycles. The number of aryl methyl sites for hydroxylation is 2. The van der Waals surface area contributed by atoms with Gasteiger partial charge in [-0.2, -0.15) is 0 Å². The minimum Gasteiger partial charge on any atom is -0.342 e. The first-order chi connectivity index (χ1) is 16.7. The minimum absolute atomic E-state index is 0.0277. The summed E-state index contributed by atoms with van der Waals surface area (Å²) in [6.07, 6.45) is 1.74. The number of nitrogens with zero attached hydrogens (tertiary/aromatic N) is 3. The average molecular weight is 512 g/mol. The number of anilines is 1. The number of thioether (sulfide) groups is 1. The van der Waals surface area contributed by atoms with Gasteiger partial charge in [0.05, 0.1) is 22.4 Å². The topological polar surface area (TPSA) is 88.9 Å². The molecule has 35 heavy (non-hydrogen) atoms. The van der Waals surface area contributed by atoms with Crippen molar-refractivity contribution >= 4 is 40.9 Å². The Bertz CT molecular complexity index is 1200. The van der Waals surface area contributed by atoms with E-state index in [-0.39, 0.29) is 23.5 Å². The Morgan fingerprint density at radius 3 is 2.46 bits per heavy atom. The standard InChI is InChI=1S/C26H30ClN5O2S/c1-6-11-32-24(23(16(2)3)29-25(34)20-9-7-8-10-21(20)27)30-31-26(32)35-15-22(33)28-19-13-17(4)12-18(5)14-19/h6-10,12-14,16,23H,1,11,15H2,2-5H3,(H,28,33)(H,29,34)/t23-/m0/s1. The van der Waals surface area contributed by atoms with E-state index < -0.39 is 6.04 Å². The summed E-state index contributed by atoms with van der Waals surface area (Å²) in [6, 6.07) is 12.4. The highest BCUT2D eigenvalue weighted by molar-refractivity contribution is 7.99. The van der Waals surface area contributed by atoms with E-state index >= 15 is 0 Å². The Labute approximate surface area is 215 Å². The highest BCUT2D eigenvalue weighted by Gasteiger charge is 2.27. The molecule has 0 fully saturated rings. The van der Waals surface area contributed by atoms with Crippen LogP contribution < -0.4 is 10.6 Å². The maximum atomic E-state index is 12.9. The number of carbonyl (C=O) groups is 2. The molecular formula is C26H30ClN5O2S. The smallest absolute Gasteiger partial charge is 0.253 e. The molecule has 0 aliphatic rings. The summed E-state index contributed by atoms with van der Waals surface area (Å²) in [4.78, 5) is 25.5. The van der Waals surface area contributed by atoms with Crippen LogP contribution in [-0.4, -0.2) is 32.3 Å². The molecule has 9 heteroatoms. The molecule has 184 valence electrons. The molecule has 2 amide bonds. The lowest BCUT2D eigenvalue weighted by atomic mass is 10.0. The van der Waals surface area contributed by atoms with Crippen molar-refractivity contribution < 1.29 is 9.59 Å². The van der Waals surface area contributed by atoms with Gasteiger partial charge in [-0.1, -0.05) is 61.5 Å². The molecule has 1 heterocycles. The van der Waals surface area contributed by atoms with Gasteiger partial charge < -0.3 is 15.2 Å². The molecule has 0 spiro atoms. The van der Waals surface area contributed by atoms with Crippen LogP contribution in [0.2, 0.25) is 5.02 Å². The van der Waals surface area contributed by atoms with Crippen molar-refractivity contribution in [3.8, 4) is 0 Å². The lowest BCUT2D eigenvalue weighted by Gasteiger charge is -2.23. The Kier molecular flexibility index (Phi) is 9.12. The van der Waals surface area contributed by atoms with E-state index in [2.05, 4.69) is 33.5 Å². The van der Waals surface area contributed by atoms with Crippen LogP contribution in [0, 0.1) is 19.8 Å². The van der Waals surface area contributed by atoms with Crippen LogP contribution in [0.5, 0.6) is 0 Å². The molecule has 0 bridgehead atoms. The number of hydrogen-bond donors (Lipinski definition) is 2. The molecule has 2 aromatic carbocycles. The third-order valence-corrected chi connectivity index (χ3v) is 6.54. The number of halogens is 1. The van der Waals surface area contributed by atoms with Gasteiger partial charge >= 0.3 is 0 Å². The quantitative estimate of drug-likeness (QED) is 0.273. The first-order valence-electron chi connectivity index (χ1n) is 11.3. The number of rotatable bonds is 10. The second kappa shape index (κ2) is 12.0. The van der Waals surface area contributed by atoms with E-state index in [0.29, 0.717) is 28.1 Å². The van der Waals surface area contributed by atoms with E-state index in [4.69, 9.17) is 11.6 Å². The molecule has 0 aliphatic heterocycles. The van der Waals surface area contributed by atoms with Crippen molar-refractivity contribution in [2.75, 3.05) is 11.1 Å². The summed E-state index contributed by atoms with van der Waals surface area (Å²) in [5.41, 5.74) is 3.33. The Morgan fingerprint density at radius 1 is 1.14 bits per heavy atom. The number of hydrogen-bond acceptors (Lipinski definition) is 5. The second-order valence-corrected chi connectivity index (χ2v) is 9.98. The number of carbonyl (C=O) groups excluding carboxylic acids is 2. The van der Waals surface area contributed by atoms with E-state index in [1.165, 1.54) is 11.8 Å². The summed E-state index contributed by atoms with van der Waals surface area (Å²) in [5.74, 6) is 0.365. The molecule has 0 unspecified atom stereocenters. The van der Waals surface area contributed by atoms with E-state index in [0.717, 1.165) is 16.8 Å². The number of aromatic nitrogens is 3. The molecular weight excluding hydrogens is 482 g/mol. The maximum Gasteiger partial charge on any atom is 0.253 e. The zero-order valence-electron chi connectivity index (χ0n) is 20.3. The van der Waals surface area contributed by atoms with Gasteiger partial charge in [0.15, 0.2) is 11.0 Å². The Hall–Kier alpha value is -3.10. The van der Waals surface area contributed by atoms with Crippen LogP contribution in [0.3, 0.4) is 0 Å². The first kappa shape index (κ1) is 26.5. The maximum absolute atomic E-state index is 12.9. The fraction of sp³-hybridized carbons (Fsp3) is 0.308. The Morgan fingerprint density at radius 2 is 1.83 bits per heavy atom. The van der Waals surface area contributed by atoms with Crippen LogP contribution in [0.15, 0.2) is 60.3 Å². The molecule has 2 N–H and O–H groups in total. The Balaban J connectivity index is 1.76. The molecule has 1 aromatic heterocycles. The van der Waals surface area contributed by atoms with Gasteiger partial charge in [-0.25, -0.2) is 0 Å². The van der Waals surface area contributed by atoms with Crippen LogP contribution in [0.25, 0.3) is 0 Å². The highest BCUT2D eigenvalue weighted by Crippen LogP contribution is 2.27. The second-order valence-electron chi connectivity index (χ2n) is 8.63. The summed E-state index contributed by atoms with van der Waals surface area (Å²) >= 11 is 7.50. The molecule has 1 atom stereocenters. The summed E-state index contributed by atoms with van der Waals surface area (Å²) in [7, 11) is 0. The van der Waals surface area contributed by atoms with E-state index in [9.17, 15) is 9.59 Å². The monoisotopic (exact) mass is 511 g/mol. The van der Waals surface area contributed by atoms with Gasteiger partial charge in [0.25, 0.3) is 5.91 Å². The largest absolute Gasteiger partial charge is 0.342 e. The van der Waals surface area contributed by atoms with Crippen molar-refractivity contribution in [3.05, 3.63) is 82.7 Å². The predicted octanol–water partition coefficient (Wildman–Crippen LogP) is 5.59. The van der Waals surface area contributed by atoms with Crippen molar-refractivity contribution in [2.45, 2.75) is 45.4 Å². The van der Waals surface area contributed by atoms with Crippen molar-refractivity contribution in [2.24, 2.45) is 5.92 Å². The van der Waals surface area contributed by atoms with Crippen LogP contribution in [-0.2, 0) is 11.3 Å². The molecule has 3 rings (SSSR count). The van der Waals surface area contributed by atoms with Crippen molar-refractivity contribution in [1.82, 2.24) is 20.1 Å².